The first-order chi connectivity index (χ1) is 9.97. The Labute approximate surface area is 119 Å². The Morgan fingerprint density at radius 3 is 2.62 bits per heavy atom. The third-order valence-corrected chi connectivity index (χ3v) is 2.72. The standard InChI is InChI=1S/C9H9N3O.C5H5NO2/c1-5-11-7-4-2-3-6(10)8(7)9(13)12-5;7-4-2-1-3-5(8)6-4/h2-4H,10H2,1H3,(H,11,12,13);1-2H,3H2,(H,6,7,8). The molecule has 2 aromatic rings. The third-order valence-electron chi connectivity index (χ3n) is 2.72. The minimum atomic E-state index is -0.318. The van der Waals surface area contributed by atoms with E-state index in [0.29, 0.717) is 28.8 Å². The van der Waals surface area contributed by atoms with Crippen molar-refractivity contribution >= 4 is 28.4 Å². The van der Waals surface area contributed by atoms with E-state index < -0.39 is 0 Å². The molecule has 1 aliphatic heterocycles. The van der Waals surface area contributed by atoms with Gasteiger partial charge in [-0.3, -0.25) is 19.7 Å². The van der Waals surface area contributed by atoms with E-state index in [1.54, 1.807) is 31.2 Å². The Balaban J connectivity index is 0.000000173. The van der Waals surface area contributed by atoms with Crippen LogP contribution in [-0.2, 0) is 9.59 Å². The zero-order chi connectivity index (χ0) is 15.4. The summed E-state index contributed by atoms with van der Waals surface area (Å²) in [5.41, 5.74) is 6.57. The molecular weight excluding hydrogens is 272 g/mol. The van der Waals surface area contributed by atoms with E-state index in [1.165, 1.54) is 6.08 Å². The first-order valence-electron chi connectivity index (χ1n) is 6.23. The molecule has 1 aromatic heterocycles. The predicted octanol–water partition coefficient (Wildman–Crippen LogP) is 0.403. The highest BCUT2D eigenvalue weighted by Gasteiger charge is 2.06. The van der Waals surface area contributed by atoms with Gasteiger partial charge >= 0.3 is 0 Å². The van der Waals surface area contributed by atoms with Crippen LogP contribution in [0.25, 0.3) is 10.9 Å². The number of imide groups is 1. The van der Waals surface area contributed by atoms with Gasteiger partial charge in [0.1, 0.15) is 5.82 Å². The molecule has 0 saturated heterocycles. The number of hydrogen-bond donors (Lipinski definition) is 3. The highest BCUT2D eigenvalue weighted by atomic mass is 16.2. The molecule has 0 saturated carbocycles. The molecule has 7 nitrogen and oxygen atoms in total. The Morgan fingerprint density at radius 1 is 1.24 bits per heavy atom. The van der Waals surface area contributed by atoms with Crippen molar-refractivity contribution in [1.82, 2.24) is 15.3 Å². The molecule has 0 aliphatic carbocycles. The number of hydrogen-bond acceptors (Lipinski definition) is 5. The lowest BCUT2D eigenvalue weighted by atomic mass is 10.2. The van der Waals surface area contributed by atoms with Crippen LogP contribution < -0.4 is 16.6 Å². The number of nitrogens with zero attached hydrogens (tertiary/aromatic N) is 1. The second kappa shape index (κ2) is 6.00. The Kier molecular flexibility index (Phi) is 4.13. The summed E-state index contributed by atoms with van der Waals surface area (Å²) in [5.74, 6) is 0.0573. The summed E-state index contributed by atoms with van der Waals surface area (Å²) < 4.78 is 0. The van der Waals surface area contributed by atoms with Crippen LogP contribution in [0.15, 0.2) is 35.1 Å². The molecule has 1 aromatic carbocycles. The zero-order valence-corrected chi connectivity index (χ0v) is 11.3. The fourth-order valence-corrected chi connectivity index (χ4v) is 1.84. The second-order valence-corrected chi connectivity index (χ2v) is 4.41. The van der Waals surface area contributed by atoms with E-state index in [-0.39, 0.29) is 17.4 Å². The van der Waals surface area contributed by atoms with E-state index in [1.807, 2.05) is 0 Å². The van der Waals surface area contributed by atoms with Crippen molar-refractivity contribution in [2.24, 2.45) is 0 Å². The number of carbonyl (C=O) groups excluding carboxylic acids is 2. The predicted molar refractivity (Wildman–Crippen MR) is 78.4 cm³/mol. The van der Waals surface area contributed by atoms with E-state index in [0.717, 1.165) is 0 Å². The molecule has 7 heteroatoms. The van der Waals surface area contributed by atoms with Gasteiger partial charge in [-0.2, -0.15) is 0 Å². The number of rotatable bonds is 0. The van der Waals surface area contributed by atoms with Crippen molar-refractivity contribution in [2.75, 3.05) is 5.73 Å². The van der Waals surface area contributed by atoms with Crippen LogP contribution >= 0.6 is 0 Å². The average molecular weight is 286 g/mol. The Bertz CT molecular complexity index is 792. The van der Waals surface area contributed by atoms with Gasteiger partial charge in [-0.1, -0.05) is 12.1 Å². The summed E-state index contributed by atoms with van der Waals surface area (Å²) in [6.45, 7) is 1.74. The van der Waals surface area contributed by atoms with Crippen LogP contribution in [-0.4, -0.2) is 21.8 Å². The first kappa shape index (κ1) is 14.4. The van der Waals surface area contributed by atoms with Crippen molar-refractivity contribution in [2.45, 2.75) is 13.3 Å². The lowest BCUT2D eigenvalue weighted by molar-refractivity contribution is -0.128. The van der Waals surface area contributed by atoms with Gasteiger partial charge in [0, 0.05) is 12.1 Å². The number of aryl methyl sites for hydroxylation is 1. The molecule has 0 unspecified atom stereocenters. The van der Waals surface area contributed by atoms with E-state index in [9.17, 15) is 14.4 Å². The SMILES string of the molecule is Cc1nc2cccc(N)c2c(=O)[nH]1.O=C1C=CCC(=O)N1. The van der Waals surface area contributed by atoms with Gasteiger partial charge in [-0.15, -0.1) is 0 Å². The van der Waals surface area contributed by atoms with Crippen LogP contribution in [0.5, 0.6) is 0 Å². The van der Waals surface area contributed by atoms with Crippen LogP contribution in [0, 0.1) is 6.92 Å². The highest BCUT2D eigenvalue weighted by molar-refractivity contribution is 6.03. The molecule has 3 rings (SSSR count). The van der Waals surface area contributed by atoms with Crippen LogP contribution in [0.3, 0.4) is 0 Å². The van der Waals surface area contributed by atoms with Crippen LogP contribution in [0.2, 0.25) is 0 Å². The average Bonchev–Trinajstić information content (AvgIpc) is 2.38. The number of nitrogens with one attached hydrogen (secondary N) is 2. The smallest absolute Gasteiger partial charge is 0.260 e. The van der Waals surface area contributed by atoms with Gasteiger partial charge in [-0.05, 0) is 25.1 Å². The van der Waals surface area contributed by atoms with Gasteiger partial charge in [0.25, 0.3) is 5.56 Å². The largest absolute Gasteiger partial charge is 0.398 e. The molecule has 0 spiro atoms. The fraction of sp³-hybridized carbons (Fsp3) is 0.143. The number of H-pyrrole nitrogens is 1. The summed E-state index contributed by atoms with van der Waals surface area (Å²) in [4.78, 5) is 38.8. The molecule has 0 atom stereocenters. The molecule has 0 bridgehead atoms. The summed E-state index contributed by atoms with van der Waals surface area (Å²) in [6, 6.07) is 5.24. The maximum absolute atomic E-state index is 11.4. The Morgan fingerprint density at radius 2 is 2.00 bits per heavy atom. The number of nitrogen functional groups attached to an aromatic ring is 1. The zero-order valence-electron chi connectivity index (χ0n) is 11.3. The van der Waals surface area contributed by atoms with Gasteiger partial charge in [0.05, 0.1) is 10.9 Å². The summed E-state index contributed by atoms with van der Waals surface area (Å²) >= 11 is 0. The minimum absolute atomic E-state index is 0.180. The number of benzene rings is 1. The molecular formula is C14H14N4O3. The normalized spacial score (nSPS) is 13.6. The van der Waals surface area contributed by atoms with E-state index >= 15 is 0 Å². The van der Waals surface area contributed by atoms with Crippen molar-refractivity contribution in [1.29, 1.82) is 0 Å². The summed E-state index contributed by atoms with van der Waals surface area (Å²) in [6.07, 6.45) is 3.22. The van der Waals surface area contributed by atoms with E-state index in [2.05, 4.69) is 15.3 Å². The highest BCUT2D eigenvalue weighted by Crippen LogP contribution is 2.13. The van der Waals surface area contributed by atoms with Gasteiger partial charge in [0.2, 0.25) is 11.8 Å². The molecule has 0 fully saturated rings. The molecule has 0 radical (unpaired) electrons. The lowest BCUT2D eigenvalue weighted by Gasteiger charge is -2.00. The summed E-state index contributed by atoms with van der Waals surface area (Å²) in [7, 11) is 0. The molecule has 108 valence electrons. The maximum atomic E-state index is 11.4. The number of aromatic nitrogens is 2. The fourth-order valence-electron chi connectivity index (χ4n) is 1.84. The number of carbonyl (C=O) groups is 2. The van der Waals surface area contributed by atoms with Crippen molar-refractivity contribution < 1.29 is 9.59 Å². The van der Waals surface area contributed by atoms with Crippen molar-refractivity contribution in [3.05, 3.63) is 46.5 Å². The molecule has 21 heavy (non-hydrogen) atoms. The summed E-state index contributed by atoms with van der Waals surface area (Å²) in [5, 5.41) is 2.58. The van der Waals surface area contributed by atoms with Crippen LogP contribution in [0.1, 0.15) is 12.2 Å². The monoisotopic (exact) mass is 286 g/mol. The molecule has 4 N–H and O–H groups in total. The van der Waals surface area contributed by atoms with Crippen molar-refractivity contribution in [3.63, 3.8) is 0 Å². The molecule has 1 aliphatic rings. The first-order valence-corrected chi connectivity index (χ1v) is 6.23. The van der Waals surface area contributed by atoms with E-state index in [4.69, 9.17) is 5.73 Å². The molecule has 2 amide bonds. The van der Waals surface area contributed by atoms with Crippen LogP contribution in [0.4, 0.5) is 5.69 Å². The number of anilines is 1. The number of fused-ring (bicyclic) bond motifs is 1. The van der Waals surface area contributed by atoms with Crippen molar-refractivity contribution in [3.8, 4) is 0 Å². The maximum Gasteiger partial charge on any atom is 0.260 e. The number of nitrogens with two attached hydrogens (primary N) is 1. The van der Waals surface area contributed by atoms with Gasteiger partial charge in [0.15, 0.2) is 0 Å². The molecule has 2 heterocycles. The topological polar surface area (TPSA) is 118 Å². The minimum Gasteiger partial charge on any atom is -0.398 e. The Hall–Kier alpha value is -2.96. The third kappa shape index (κ3) is 3.53. The quantitative estimate of drug-likeness (QED) is 0.478. The number of aromatic amines is 1. The number of amides is 2. The second-order valence-electron chi connectivity index (χ2n) is 4.41. The van der Waals surface area contributed by atoms with Gasteiger partial charge in [-0.25, -0.2) is 4.98 Å². The van der Waals surface area contributed by atoms with Gasteiger partial charge < -0.3 is 10.7 Å². The lowest BCUT2D eigenvalue weighted by Crippen LogP contribution is -2.30.